The van der Waals surface area contributed by atoms with E-state index in [1.807, 2.05) is 0 Å². The molecule has 0 amide bonds. The number of aryl methyl sites for hydroxylation is 1. The van der Waals surface area contributed by atoms with Crippen LogP contribution in [-0.4, -0.2) is 36.9 Å². The second-order valence-electron chi connectivity index (χ2n) is 5.52. The molecule has 1 aliphatic heterocycles. The maximum Gasteiger partial charge on any atom is 0.346 e. The summed E-state index contributed by atoms with van der Waals surface area (Å²) in [6, 6.07) is 1.47. The van der Waals surface area contributed by atoms with E-state index in [0.29, 0.717) is 24.6 Å². The molecule has 0 atom stereocenters. The maximum atomic E-state index is 12.6. The highest BCUT2D eigenvalue weighted by Crippen LogP contribution is 2.31. The number of rotatable bonds is 5. The molecule has 0 unspecified atom stereocenters. The Morgan fingerprint density at radius 1 is 1.43 bits per heavy atom. The van der Waals surface area contributed by atoms with Crippen LogP contribution in [-0.2, 0) is 10.0 Å². The molecule has 2 rings (SSSR count). The number of carboxylic acid groups (broad SMARTS) is 1. The molecule has 1 aromatic rings. The van der Waals surface area contributed by atoms with Gasteiger partial charge in [0.2, 0.25) is 0 Å². The van der Waals surface area contributed by atoms with Crippen molar-refractivity contribution in [3.63, 3.8) is 0 Å². The average Bonchev–Trinajstić information content (AvgIpc) is 2.83. The number of carbonyl (C=O) groups is 1. The minimum atomic E-state index is -3.55. The highest BCUT2D eigenvalue weighted by atomic mass is 32.2. The lowest BCUT2D eigenvalue weighted by Gasteiger charge is -2.30. The molecule has 0 spiro atoms. The van der Waals surface area contributed by atoms with Gasteiger partial charge in [-0.25, -0.2) is 13.2 Å². The summed E-state index contributed by atoms with van der Waals surface area (Å²) in [6.45, 7) is 4.84. The molecular formula is C14H21NO4S2. The Hall–Kier alpha value is -0.920. The van der Waals surface area contributed by atoms with Gasteiger partial charge < -0.3 is 5.11 Å². The number of hydrogen-bond acceptors (Lipinski definition) is 4. The minimum absolute atomic E-state index is 0.106. The molecule has 1 saturated heterocycles. The summed E-state index contributed by atoms with van der Waals surface area (Å²) >= 11 is 0.850. The Morgan fingerprint density at radius 2 is 2.05 bits per heavy atom. The van der Waals surface area contributed by atoms with Crippen LogP contribution in [0.3, 0.4) is 0 Å². The standard InChI is InChI=1S/C14H21NO4S2/c1-3-4-11-5-7-15(8-6-11)21(18,19)12-9-10(2)13(20-12)14(16)17/h9,11H,3-8H2,1-2H3,(H,16,17). The van der Waals surface area contributed by atoms with Crippen molar-refractivity contribution in [1.29, 1.82) is 0 Å². The zero-order valence-corrected chi connectivity index (χ0v) is 14.0. The summed E-state index contributed by atoms with van der Waals surface area (Å²) in [6.07, 6.45) is 4.06. The van der Waals surface area contributed by atoms with Gasteiger partial charge in [-0.3, -0.25) is 0 Å². The summed E-state index contributed by atoms with van der Waals surface area (Å²) in [4.78, 5) is 11.2. The second-order valence-corrected chi connectivity index (χ2v) is 8.74. The van der Waals surface area contributed by atoms with E-state index in [9.17, 15) is 13.2 Å². The van der Waals surface area contributed by atoms with Crippen molar-refractivity contribution in [3.8, 4) is 0 Å². The minimum Gasteiger partial charge on any atom is -0.477 e. The summed E-state index contributed by atoms with van der Waals surface area (Å²) < 4.78 is 26.8. The van der Waals surface area contributed by atoms with Crippen LogP contribution in [0.2, 0.25) is 0 Å². The molecule has 0 bridgehead atoms. The number of nitrogens with zero attached hydrogens (tertiary/aromatic N) is 1. The van der Waals surface area contributed by atoms with Gasteiger partial charge in [-0.1, -0.05) is 19.8 Å². The first-order valence-electron chi connectivity index (χ1n) is 7.20. The van der Waals surface area contributed by atoms with Crippen molar-refractivity contribution in [2.24, 2.45) is 5.92 Å². The van der Waals surface area contributed by atoms with Gasteiger partial charge in [0.05, 0.1) is 0 Å². The highest BCUT2D eigenvalue weighted by Gasteiger charge is 2.31. The molecule has 1 N–H and O–H groups in total. The molecular weight excluding hydrogens is 310 g/mol. The fourth-order valence-corrected chi connectivity index (χ4v) is 5.77. The molecule has 21 heavy (non-hydrogen) atoms. The topological polar surface area (TPSA) is 74.7 Å². The first kappa shape index (κ1) is 16.5. The summed E-state index contributed by atoms with van der Waals surface area (Å²) in [5.41, 5.74) is 0.506. The van der Waals surface area contributed by atoms with E-state index in [4.69, 9.17) is 5.11 Å². The van der Waals surface area contributed by atoms with Crippen molar-refractivity contribution in [2.75, 3.05) is 13.1 Å². The van der Waals surface area contributed by atoms with Crippen molar-refractivity contribution < 1.29 is 18.3 Å². The fourth-order valence-electron chi connectivity index (χ4n) is 2.77. The zero-order valence-electron chi connectivity index (χ0n) is 12.3. The van der Waals surface area contributed by atoms with Crippen molar-refractivity contribution in [1.82, 2.24) is 4.31 Å². The zero-order chi connectivity index (χ0) is 15.6. The van der Waals surface area contributed by atoms with Gasteiger partial charge >= 0.3 is 5.97 Å². The summed E-state index contributed by atoms with van der Waals surface area (Å²) in [7, 11) is -3.55. The van der Waals surface area contributed by atoms with Gasteiger partial charge in [-0.05, 0) is 37.3 Å². The van der Waals surface area contributed by atoms with E-state index < -0.39 is 16.0 Å². The van der Waals surface area contributed by atoms with E-state index in [1.54, 1.807) is 6.92 Å². The van der Waals surface area contributed by atoms with E-state index in [0.717, 1.165) is 37.0 Å². The third-order valence-corrected chi connectivity index (χ3v) is 7.53. The molecule has 5 nitrogen and oxygen atoms in total. The Labute approximate surface area is 129 Å². The predicted molar refractivity (Wildman–Crippen MR) is 82.4 cm³/mol. The van der Waals surface area contributed by atoms with Gasteiger partial charge in [-0.2, -0.15) is 4.31 Å². The summed E-state index contributed by atoms with van der Waals surface area (Å²) in [5, 5.41) is 9.05. The molecule has 7 heteroatoms. The van der Waals surface area contributed by atoms with Gasteiger partial charge in [0.1, 0.15) is 9.09 Å². The molecule has 0 aromatic carbocycles. The maximum absolute atomic E-state index is 12.6. The quantitative estimate of drug-likeness (QED) is 0.900. The Morgan fingerprint density at radius 3 is 2.52 bits per heavy atom. The van der Waals surface area contributed by atoms with E-state index in [1.165, 1.54) is 10.4 Å². The molecule has 0 radical (unpaired) electrons. The third kappa shape index (κ3) is 3.46. The van der Waals surface area contributed by atoms with E-state index in [-0.39, 0.29) is 9.09 Å². The molecule has 1 fully saturated rings. The fraction of sp³-hybridized carbons (Fsp3) is 0.643. The summed E-state index contributed by atoms with van der Waals surface area (Å²) in [5.74, 6) is -0.457. The van der Waals surface area contributed by atoms with Crippen LogP contribution < -0.4 is 0 Å². The second kappa shape index (κ2) is 6.46. The Bertz CT molecular complexity index is 613. The first-order chi connectivity index (χ1) is 9.86. The van der Waals surface area contributed by atoms with Gasteiger partial charge in [-0.15, -0.1) is 11.3 Å². The molecule has 0 saturated carbocycles. The lowest BCUT2D eigenvalue weighted by Crippen LogP contribution is -2.38. The van der Waals surface area contributed by atoms with Crippen LogP contribution in [0, 0.1) is 12.8 Å². The average molecular weight is 331 g/mol. The lowest BCUT2D eigenvalue weighted by molar-refractivity contribution is 0.0701. The van der Waals surface area contributed by atoms with Crippen LogP contribution >= 0.6 is 11.3 Å². The van der Waals surface area contributed by atoms with Crippen molar-refractivity contribution >= 4 is 27.3 Å². The van der Waals surface area contributed by atoms with Gasteiger partial charge in [0, 0.05) is 13.1 Å². The molecule has 1 aliphatic rings. The molecule has 1 aromatic heterocycles. The third-order valence-electron chi connectivity index (χ3n) is 3.95. The number of piperidine rings is 1. The SMILES string of the molecule is CCCC1CCN(S(=O)(=O)c2cc(C)c(C(=O)O)s2)CC1. The molecule has 118 valence electrons. The lowest BCUT2D eigenvalue weighted by atomic mass is 9.94. The molecule has 2 heterocycles. The Balaban J connectivity index is 2.16. The normalized spacial score (nSPS) is 18.0. The van der Waals surface area contributed by atoms with Crippen LogP contribution in [0.4, 0.5) is 0 Å². The largest absolute Gasteiger partial charge is 0.477 e. The van der Waals surface area contributed by atoms with Crippen molar-refractivity contribution in [3.05, 3.63) is 16.5 Å². The monoisotopic (exact) mass is 331 g/mol. The van der Waals surface area contributed by atoms with Crippen LogP contribution in [0.15, 0.2) is 10.3 Å². The predicted octanol–water partition coefficient (Wildman–Crippen LogP) is 2.96. The number of thiophene rings is 1. The van der Waals surface area contributed by atoms with Crippen LogP contribution in [0.1, 0.15) is 47.8 Å². The number of hydrogen-bond donors (Lipinski definition) is 1. The number of sulfonamides is 1. The number of aromatic carboxylic acids is 1. The first-order valence-corrected chi connectivity index (χ1v) is 9.45. The van der Waals surface area contributed by atoms with Gasteiger partial charge in [0.25, 0.3) is 10.0 Å². The number of carboxylic acids is 1. The van der Waals surface area contributed by atoms with E-state index >= 15 is 0 Å². The van der Waals surface area contributed by atoms with E-state index in [2.05, 4.69) is 6.92 Å². The highest BCUT2D eigenvalue weighted by molar-refractivity contribution is 7.91. The van der Waals surface area contributed by atoms with Crippen LogP contribution in [0.5, 0.6) is 0 Å². The van der Waals surface area contributed by atoms with Crippen LogP contribution in [0.25, 0.3) is 0 Å². The smallest absolute Gasteiger partial charge is 0.346 e. The Kier molecular flexibility index (Phi) is 5.06. The van der Waals surface area contributed by atoms with Crippen molar-refractivity contribution in [2.45, 2.75) is 43.7 Å². The van der Waals surface area contributed by atoms with Gasteiger partial charge in [0.15, 0.2) is 0 Å². The molecule has 0 aliphatic carbocycles.